The van der Waals surface area contributed by atoms with Crippen LogP contribution in [0.25, 0.3) is 10.2 Å². The van der Waals surface area contributed by atoms with Gasteiger partial charge in [-0.2, -0.15) is 0 Å². The van der Waals surface area contributed by atoms with Crippen LogP contribution in [0.1, 0.15) is 24.4 Å². The average Bonchev–Trinajstić information content (AvgIpc) is 3.11. The Labute approximate surface area is 167 Å². The van der Waals surface area contributed by atoms with Crippen LogP contribution in [-0.2, 0) is 32.1 Å². The Morgan fingerprint density at radius 3 is 2.61 bits per heavy atom. The van der Waals surface area contributed by atoms with E-state index in [1.54, 1.807) is 0 Å². The number of aromatic nitrogens is 1. The molecular formula is C21H22N2O4S. The molecule has 0 spiro atoms. The quantitative estimate of drug-likeness (QED) is 0.582. The molecule has 0 saturated carbocycles. The van der Waals surface area contributed by atoms with E-state index in [4.69, 9.17) is 9.47 Å². The SMILES string of the molecule is CCc1ccc(NC(=O)[C@H](C)OC(=O)COCc2nc3ccccc3s2)cc1. The maximum Gasteiger partial charge on any atom is 0.332 e. The van der Waals surface area contributed by atoms with Crippen LogP contribution in [0.15, 0.2) is 48.5 Å². The van der Waals surface area contributed by atoms with Crippen molar-refractivity contribution in [3.05, 3.63) is 59.1 Å². The number of esters is 1. The van der Waals surface area contributed by atoms with E-state index < -0.39 is 12.1 Å². The van der Waals surface area contributed by atoms with Crippen molar-refractivity contribution in [1.29, 1.82) is 0 Å². The lowest BCUT2D eigenvalue weighted by atomic mass is 10.1. The van der Waals surface area contributed by atoms with Gasteiger partial charge in [0.2, 0.25) is 0 Å². The third kappa shape index (κ3) is 5.37. The van der Waals surface area contributed by atoms with Crippen molar-refractivity contribution >= 4 is 39.1 Å². The Kier molecular flexibility index (Phi) is 6.73. The lowest BCUT2D eigenvalue weighted by molar-refractivity contribution is -0.157. The summed E-state index contributed by atoms with van der Waals surface area (Å²) >= 11 is 1.52. The summed E-state index contributed by atoms with van der Waals surface area (Å²) in [6.07, 6.45) is 0.0172. The van der Waals surface area contributed by atoms with Gasteiger partial charge in [0.05, 0.1) is 16.8 Å². The molecule has 0 bridgehead atoms. The van der Waals surface area contributed by atoms with Crippen molar-refractivity contribution < 1.29 is 19.1 Å². The Morgan fingerprint density at radius 2 is 1.89 bits per heavy atom. The summed E-state index contributed by atoms with van der Waals surface area (Å²) in [6, 6.07) is 15.3. The molecule has 1 aromatic heterocycles. The van der Waals surface area contributed by atoms with Gasteiger partial charge in [-0.15, -0.1) is 11.3 Å². The summed E-state index contributed by atoms with van der Waals surface area (Å²) in [6.45, 7) is 3.58. The Bertz CT molecular complexity index is 919. The largest absolute Gasteiger partial charge is 0.451 e. The molecule has 1 amide bonds. The Hall–Kier alpha value is -2.77. The van der Waals surface area contributed by atoms with E-state index in [-0.39, 0.29) is 19.1 Å². The molecule has 3 rings (SSSR count). The van der Waals surface area contributed by atoms with Gasteiger partial charge in [0.1, 0.15) is 11.6 Å². The maximum absolute atomic E-state index is 12.2. The number of carbonyl (C=O) groups excluding carboxylic acids is 2. The number of thiazole rings is 1. The van der Waals surface area contributed by atoms with E-state index in [9.17, 15) is 9.59 Å². The van der Waals surface area contributed by atoms with Crippen LogP contribution >= 0.6 is 11.3 Å². The summed E-state index contributed by atoms with van der Waals surface area (Å²) in [5, 5.41) is 3.52. The fourth-order valence-corrected chi connectivity index (χ4v) is 3.46. The van der Waals surface area contributed by atoms with Gasteiger partial charge in [0.25, 0.3) is 5.91 Å². The maximum atomic E-state index is 12.2. The van der Waals surface area contributed by atoms with Crippen LogP contribution in [0.4, 0.5) is 5.69 Å². The molecular weight excluding hydrogens is 376 g/mol. The highest BCUT2D eigenvalue weighted by Gasteiger charge is 2.18. The van der Waals surface area contributed by atoms with E-state index in [0.717, 1.165) is 21.6 Å². The number of ether oxygens (including phenoxy) is 2. The van der Waals surface area contributed by atoms with Crippen molar-refractivity contribution in [1.82, 2.24) is 4.98 Å². The zero-order chi connectivity index (χ0) is 19.9. The van der Waals surface area contributed by atoms with Gasteiger partial charge >= 0.3 is 5.97 Å². The van der Waals surface area contributed by atoms with Gasteiger partial charge in [0, 0.05) is 5.69 Å². The first-order chi connectivity index (χ1) is 13.5. The molecule has 2 aromatic carbocycles. The molecule has 6 nitrogen and oxygen atoms in total. The molecule has 28 heavy (non-hydrogen) atoms. The number of rotatable bonds is 8. The molecule has 1 N–H and O–H groups in total. The molecule has 3 aromatic rings. The number of anilines is 1. The number of benzene rings is 2. The Balaban J connectivity index is 1.42. The van der Waals surface area contributed by atoms with Crippen molar-refractivity contribution in [3.8, 4) is 0 Å². The van der Waals surface area contributed by atoms with E-state index >= 15 is 0 Å². The first kappa shape index (κ1) is 20.0. The number of fused-ring (bicyclic) bond motifs is 1. The van der Waals surface area contributed by atoms with E-state index in [1.807, 2.05) is 48.5 Å². The van der Waals surface area contributed by atoms with Crippen LogP contribution in [0.5, 0.6) is 0 Å². The summed E-state index contributed by atoms with van der Waals surface area (Å²) in [4.78, 5) is 28.5. The number of nitrogens with zero attached hydrogens (tertiary/aromatic N) is 1. The topological polar surface area (TPSA) is 77.5 Å². The van der Waals surface area contributed by atoms with Crippen molar-refractivity contribution in [2.75, 3.05) is 11.9 Å². The van der Waals surface area contributed by atoms with Gasteiger partial charge in [-0.25, -0.2) is 9.78 Å². The number of carbonyl (C=O) groups is 2. The highest BCUT2D eigenvalue weighted by molar-refractivity contribution is 7.18. The molecule has 0 unspecified atom stereocenters. The third-order valence-electron chi connectivity index (χ3n) is 4.09. The second-order valence-electron chi connectivity index (χ2n) is 6.24. The molecule has 146 valence electrons. The van der Waals surface area contributed by atoms with Crippen LogP contribution in [-0.4, -0.2) is 29.6 Å². The minimum atomic E-state index is -0.913. The molecule has 1 atom stereocenters. The lowest BCUT2D eigenvalue weighted by Crippen LogP contribution is -2.31. The summed E-state index contributed by atoms with van der Waals surface area (Å²) in [5.74, 6) is -0.978. The van der Waals surface area contributed by atoms with E-state index in [1.165, 1.54) is 23.8 Å². The smallest absolute Gasteiger partial charge is 0.332 e. The molecule has 0 radical (unpaired) electrons. The van der Waals surface area contributed by atoms with Crippen molar-refractivity contribution in [2.45, 2.75) is 33.0 Å². The minimum absolute atomic E-state index is 0.221. The summed E-state index contributed by atoms with van der Waals surface area (Å²) in [7, 11) is 0. The summed E-state index contributed by atoms with van der Waals surface area (Å²) < 4.78 is 11.6. The van der Waals surface area contributed by atoms with E-state index in [0.29, 0.717) is 5.69 Å². The van der Waals surface area contributed by atoms with Crippen LogP contribution in [0, 0.1) is 0 Å². The summed E-state index contributed by atoms with van der Waals surface area (Å²) in [5.41, 5.74) is 2.76. The normalized spacial score (nSPS) is 11.9. The zero-order valence-corrected chi connectivity index (χ0v) is 16.6. The molecule has 0 aliphatic carbocycles. The number of nitrogens with one attached hydrogen (secondary N) is 1. The van der Waals surface area contributed by atoms with Crippen molar-refractivity contribution in [3.63, 3.8) is 0 Å². The first-order valence-electron chi connectivity index (χ1n) is 9.06. The average molecular weight is 398 g/mol. The van der Waals surface area contributed by atoms with Crippen molar-refractivity contribution in [2.24, 2.45) is 0 Å². The molecule has 0 saturated heterocycles. The second-order valence-corrected chi connectivity index (χ2v) is 7.36. The second kappa shape index (κ2) is 9.43. The molecule has 7 heteroatoms. The number of aryl methyl sites for hydroxylation is 1. The molecule has 1 heterocycles. The zero-order valence-electron chi connectivity index (χ0n) is 15.8. The number of hydrogen-bond acceptors (Lipinski definition) is 6. The van der Waals surface area contributed by atoms with Gasteiger partial charge in [-0.1, -0.05) is 31.2 Å². The third-order valence-corrected chi connectivity index (χ3v) is 5.10. The van der Waals surface area contributed by atoms with Gasteiger partial charge in [-0.05, 0) is 43.2 Å². The standard InChI is InChI=1S/C21H22N2O4S/c1-3-15-8-10-16(11-9-15)22-21(25)14(2)27-20(24)13-26-12-19-23-17-6-4-5-7-18(17)28-19/h4-11,14H,3,12-13H2,1-2H3,(H,22,25)/t14-/m0/s1. The number of amides is 1. The number of hydrogen-bond donors (Lipinski definition) is 1. The van der Waals surface area contributed by atoms with Gasteiger partial charge in [0.15, 0.2) is 6.10 Å². The molecule has 0 aliphatic heterocycles. The van der Waals surface area contributed by atoms with Gasteiger partial charge < -0.3 is 14.8 Å². The molecule has 0 aliphatic rings. The van der Waals surface area contributed by atoms with Crippen LogP contribution in [0.3, 0.4) is 0 Å². The monoisotopic (exact) mass is 398 g/mol. The number of para-hydroxylation sites is 1. The Morgan fingerprint density at radius 1 is 1.14 bits per heavy atom. The fourth-order valence-electron chi connectivity index (χ4n) is 2.56. The predicted molar refractivity (Wildman–Crippen MR) is 109 cm³/mol. The van der Waals surface area contributed by atoms with Gasteiger partial charge in [-0.3, -0.25) is 4.79 Å². The lowest BCUT2D eigenvalue weighted by Gasteiger charge is -2.13. The predicted octanol–water partition coefficient (Wildman–Crippen LogP) is 3.95. The highest BCUT2D eigenvalue weighted by Crippen LogP contribution is 2.21. The highest BCUT2D eigenvalue weighted by atomic mass is 32.1. The van der Waals surface area contributed by atoms with Crippen LogP contribution < -0.4 is 5.32 Å². The molecule has 0 fully saturated rings. The van der Waals surface area contributed by atoms with E-state index in [2.05, 4.69) is 17.2 Å². The minimum Gasteiger partial charge on any atom is -0.451 e. The first-order valence-corrected chi connectivity index (χ1v) is 9.88. The fraction of sp³-hybridized carbons (Fsp3) is 0.286. The van der Waals surface area contributed by atoms with Crippen LogP contribution in [0.2, 0.25) is 0 Å².